The fourth-order valence-electron chi connectivity index (χ4n) is 4.31. The zero-order valence-electron chi connectivity index (χ0n) is 18.8. The second-order valence-electron chi connectivity index (χ2n) is 8.07. The molecule has 0 saturated carbocycles. The number of benzene rings is 2. The van der Waals surface area contributed by atoms with Crippen LogP contribution in [0.3, 0.4) is 0 Å². The molecule has 1 amide bonds. The number of thiazole rings is 1. The third-order valence-corrected chi connectivity index (χ3v) is 7.10. The van der Waals surface area contributed by atoms with Gasteiger partial charge in [-0.2, -0.15) is 0 Å². The Kier molecular flexibility index (Phi) is 6.05. The first kappa shape index (κ1) is 21.4. The molecule has 0 bridgehead atoms. The second-order valence-corrected chi connectivity index (χ2v) is 9.04. The van der Waals surface area contributed by atoms with Crippen molar-refractivity contribution in [2.24, 2.45) is 0 Å². The molecule has 31 heavy (non-hydrogen) atoms. The SMILES string of the molecule is COc1ccc(OC)c2sc(N3CCN(C(=O)Cc4c(C)cc(C)cc4C)CC3)nc12. The maximum atomic E-state index is 13.0. The molecule has 164 valence electrons. The lowest BCUT2D eigenvalue weighted by molar-refractivity contribution is -0.130. The molecule has 3 aromatic rings. The summed E-state index contributed by atoms with van der Waals surface area (Å²) in [6.07, 6.45) is 0.466. The number of hydrogen-bond donors (Lipinski definition) is 0. The average Bonchev–Trinajstić information content (AvgIpc) is 3.21. The molecule has 1 aliphatic rings. The fourth-order valence-corrected chi connectivity index (χ4v) is 5.43. The number of piperazine rings is 1. The topological polar surface area (TPSA) is 54.9 Å². The highest BCUT2D eigenvalue weighted by molar-refractivity contribution is 7.22. The van der Waals surface area contributed by atoms with Crippen molar-refractivity contribution >= 4 is 32.6 Å². The summed E-state index contributed by atoms with van der Waals surface area (Å²) in [4.78, 5) is 22.0. The maximum absolute atomic E-state index is 13.0. The van der Waals surface area contributed by atoms with E-state index in [1.165, 1.54) is 16.7 Å². The number of ether oxygens (including phenoxy) is 2. The van der Waals surface area contributed by atoms with Crippen molar-refractivity contribution in [2.75, 3.05) is 45.3 Å². The molecule has 0 N–H and O–H groups in total. The summed E-state index contributed by atoms with van der Waals surface area (Å²) in [6, 6.07) is 8.11. The number of anilines is 1. The van der Waals surface area contributed by atoms with E-state index in [4.69, 9.17) is 14.5 Å². The third-order valence-electron chi connectivity index (χ3n) is 5.97. The molecule has 1 aliphatic heterocycles. The van der Waals surface area contributed by atoms with Gasteiger partial charge in [0.2, 0.25) is 5.91 Å². The molecule has 7 heteroatoms. The van der Waals surface area contributed by atoms with Crippen LogP contribution in [0.1, 0.15) is 22.3 Å². The van der Waals surface area contributed by atoms with Gasteiger partial charge in [0.25, 0.3) is 0 Å². The van der Waals surface area contributed by atoms with E-state index in [-0.39, 0.29) is 5.91 Å². The molecule has 2 aromatic carbocycles. The molecule has 0 spiro atoms. The number of nitrogens with zero attached hydrogens (tertiary/aromatic N) is 3. The minimum absolute atomic E-state index is 0.197. The Labute approximate surface area is 187 Å². The number of rotatable bonds is 5. The molecule has 1 saturated heterocycles. The van der Waals surface area contributed by atoms with E-state index in [0.717, 1.165) is 45.5 Å². The lowest BCUT2D eigenvalue weighted by atomic mass is 9.97. The largest absolute Gasteiger partial charge is 0.495 e. The van der Waals surface area contributed by atoms with E-state index in [1.54, 1.807) is 25.6 Å². The first-order valence-corrected chi connectivity index (χ1v) is 11.3. The molecule has 0 unspecified atom stereocenters. The molecular formula is C24H29N3O3S. The van der Waals surface area contributed by atoms with E-state index >= 15 is 0 Å². The summed E-state index contributed by atoms with van der Waals surface area (Å²) < 4.78 is 12.0. The van der Waals surface area contributed by atoms with Gasteiger partial charge in [-0.25, -0.2) is 4.98 Å². The van der Waals surface area contributed by atoms with Gasteiger partial charge in [0.15, 0.2) is 5.13 Å². The van der Waals surface area contributed by atoms with Crippen molar-refractivity contribution in [3.8, 4) is 11.5 Å². The van der Waals surface area contributed by atoms with Crippen LogP contribution in [0.15, 0.2) is 24.3 Å². The lowest BCUT2D eigenvalue weighted by Crippen LogP contribution is -2.49. The molecule has 1 fully saturated rings. The first-order chi connectivity index (χ1) is 14.9. The highest BCUT2D eigenvalue weighted by Gasteiger charge is 2.25. The monoisotopic (exact) mass is 439 g/mol. The fraction of sp³-hybridized carbons (Fsp3) is 0.417. The summed E-state index contributed by atoms with van der Waals surface area (Å²) in [7, 11) is 3.32. The quantitative estimate of drug-likeness (QED) is 0.598. The summed E-state index contributed by atoms with van der Waals surface area (Å²) in [5.74, 6) is 1.75. The van der Waals surface area contributed by atoms with Crippen molar-refractivity contribution in [1.82, 2.24) is 9.88 Å². The maximum Gasteiger partial charge on any atom is 0.227 e. The molecular weight excluding hydrogens is 410 g/mol. The summed E-state index contributed by atoms with van der Waals surface area (Å²) in [5, 5.41) is 0.940. The molecule has 1 aromatic heterocycles. The van der Waals surface area contributed by atoms with Crippen LogP contribution in [0.25, 0.3) is 10.2 Å². The van der Waals surface area contributed by atoms with Gasteiger partial charge in [-0.05, 0) is 49.6 Å². The van der Waals surface area contributed by atoms with Gasteiger partial charge in [-0.15, -0.1) is 0 Å². The molecule has 6 nitrogen and oxygen atoms in total. The van der Waals surface area contributed by atoms with E-state index in [0.29, 0.717) is 19.5 Å². The minimum Gasteiger partial charge on any atom is -0.495 e. The van der Waals surface area contributed by atoms with Crippen molar-refractivity contribution in [1.29, 1.82) is 0 Å². The highest BCUT2D eigenvalue weighted by Crippen LogP contribution is 2.40. The van der Waals surface area contributed by atoms with E-state index < -0.39 is 0 Å². The number of hydrogen-bond acceptors (Lipinski definition) is 6. The van der Waals surface area contributed by atoms with Crippen molar-refractivity contribution in [3.63, 3.8) is 0 Å². The second kappa shape index (κ2) is 8.75. The number of methoxy groups -OCH3 is 2. The van der Waals surface area contributed by atoms with Gasteiger partial charge < -0.3 is 19.3 Å². The third kappa shape index (κ3) is 4.19. The van der Waals surface area contributed by atoms with Crippen LogP contribution in [0.5, 0.6) is 11.5 Å². The van der Waals surface area contributed by atoms with Gasteiger partial charge in [-0.1, -0.05) is 29.0 Å². The number of carbonyl (C=O) groups excluding carboxylic acids is 1. The smallest absolute Gasteiger partial charge is 0.227 e. The first-order valence-electron chi connectivity index (χ1n) is 10.5. The number of aromatic nitrogens is 1. The molecule has 0 radical (unpaired) electrons. The number of fused-ring (bicyclic) bond motifs is 1. The molecule has 4 rings (SSSR count). The Morgan fingerprint density at radius 3 is 2.23 bits per heavy atom. The highest BCUT2D eigenvalue weighted by atomic mass is 32.1. The number of carbonyl (C=O) groups is 1. The Hall–Kier alpha value is -2.80. The van der Waals surface area contributed by atoms with Gasteiger partial charge in [-0.3, -0.25) is 4.79 Å². The van der Waals surface area contributed by atoms with Crippen LogP contribution < -0.4 is 14.4 Å². The van der Waals surface area contributed by atoms with Crippen LogP contribution in [0.2, 0.25) is 0 Å². The molecule has 0 aliphatic carbocycles. The average molecular weight is 440 g/mol. The van der Waals surface area contributed by atoms with E-state index in [9.17, 15) is 4.79 Å². The molecule has 0 atom stereocenters. The van der Waals surface area contributed by atoms with Gasteiger partial charge in [0, 0.05) is 26.2 Å². The summed E-state index contributed by atoms with van der Waals surface area (Å²) >= 11 is 1.61. The van der Waals surface area contributed by atoms with Gasteiger partial charge in [0.05, 0.1) is 20.6 Å². The predicted molar refractivity (Wildman–Crippen MR) is 126 cm³/mol. The lowest BCUT2D eigenvalue weighted by Gasteiger charge is -2.34. The summed E-state index contributed by atoms with van der Waals surface area (Å²) in [6.45, 7) is 9.22. The van der Waals surface area contributed by atoms with Crippen LogP contribution in [0, 0.1) is 20.8 Å². The predicted octanol–water partition coefficient (Wildman–Crippen LogP) is 4.13. The van der Waals surface area contributed by atoms with Crippen molar-refractivity contribution in [2.45, 2.75) is 27.2 Å². The Bertz CT molecular complexity index is 1050. The van der Waals surface area contributed by atoms with Gasteiger partial charge >= 0.3 is 0 Å². The van der Waals surface area contributed by atoms with Crippen LogP contribution in [-0.4, -0.2) is 56.2 Å². The zero-order chi connectivity index (χ0) is 22.1. The standard InChI is InChI=1S/C24H29N3O3S/c1-15-12-16(2)18(17(3)13-15)14-21(28)26-8-10-27(11-9-26)24-25-22-19(29-4)6-7-20(30-5)23(22)31-24/h6-7,12-13H,8-11,14H2,1-5H3. The Morgan fingerprint density at radius 2 is 1.61 bits per heavy atom. The number of aryl methyl sites for hydroxylation is 3. The van der Waals surface area contributed by atoms with Crippen molar-refractivity contribution in [3.05, 3.63) is 46.5 Å². The Morgan fingerprint density at radius 1 is 1.00 bits per heavy atom. The van der Waals surface area contributed by atoms with Crippen molar-refractivity contribution < 1.29 is 14.3 Å². The van der Waals surface area contributed by atoms with Crippen LogP contribution >= 0.6 is 11.3 Å². The molecule has 2 heterocycles. The van der Waals surface area contributed by atoms with Crippen LogP contribution in [-0.2, 0) is 11.2 Å². The van der Waals surface area contributed by atoms with E-state index in [1.807, 2.05) is 17.0 Å². The van der Waals surface area contributed by atoms with Crippen LogP contribution in [0.4, 0.5) is 5.13 Å². The normalized spacial score (nSPS) is 14.2. The minimum atomic E-state index is 0.197. The van der Waals surface area contributed by atoms with Gasteiger partial charge in [0.1, 0.15) is 21.7 Å². The number of amides is 1. The summed E-state index contributed by atoms with van der Waals surface area (Å²) in [5.41, 5.74) is 5.61. The van der Waals surface area contributed by atoms with E-state index in [2.05, 4.69) is 37.8 Å². The Balaban J connectivity index is 1.46. The zero-order valence-corrected chi connectivity index (χ0v) is 19.6.